The molecule has 0 bridgehead atoms. The van der Waals surface area contributed by atoms with Gasteiger partial charge in [-0.1, -0.05) is 0 Å². The van der Waals surface area contributed by atoms with Gasteiger partial charge in [0, 0.05) is 13.6 Å². The molecule has 0 aliphatic heterocycles. The van der Waals surface area contributed by atoms with Crippen LogP contribution in [0.1, 0.15) is 36.7 Å². The van der Waals surface area contributed by atoms with Gasteiger partial charge in [-0.2, -0.15) is 4.31 Å². The number of benzene rings is 1. The lowest BCUT2D eigenvalue weighted by Crippen LogP contribution is -2.27. The molecule has 0 radical (unpaired) electrons. The second kappa shape index (κ2) is 9.67. The number of esters is 2. The van der Waals surface area contributed by atoms with Crippen LogP contribution in [0.15, 0.2) is 16.3 Å². The zero-order valence-corrected chi connectivity index (χ0v) is 20.0. The Hall–Kier alpha value is -2.63. The SMILES string of the molecule is COC(=O)c1sc(S(=O)(=O)N(C)Cc2cc(OC)c(OC)cc2C)c(C(=O)OC)c1C. The van der Waals surface area contributed by atoms with Gasteiger partial charge in [-0.3, -0.25) is 0 Å². The lowest BCUT2D eigenvalue weighted by Gasteiger charge is -2.19. The van der Waals surface area contributed by atoms with E-state index in [1.807, 2.05) is 6.92 Å². The van der Waals surface area contributed by atoms with Crippen LogP contribution in [-0.2, 0) is 26.0 Å². The summed E-state index contributed by atoms with van der Waals surface area (Å²) < 4.78 is 47.6. The van der Waals surface area contributed by atoms with Crippen LogP contribution in [0.5, 0.6) is 11.5 Å². The number of ether oxygens (including phenoxy) is 4. The molecule has 1 aromatic carbocycles. The van der Waals surface area contributed by atoms with Crippen molar-refractivity contribution in [2.24, 2.45) is 0 Å². The van der Waals surface area contributed by atoms with Crippen molar-refractivity contribution in [2.75, 3.05) is 35.5 Å². The summed E-state index contributed by atoms with van der Waals surface area (Å²) in [4.78, 5) is 24.4. The quantitative estimate of drug-likeness (QED) is 0.541. The van der Waals surface area contributed by atoms with Crippen molar-refractivity contribution < 1.29 is 37.0 Å². The van der Waals surface area contributed by atoms with E-state index in [1.165, 1.54) is 35.3 Å². The molecule has 0 fully saturated rings. The number of sulfonamides is 1. The molecule has 1 aromatic heterocycles. The van der Waals surface area contributed by atoms with Crippen LogP contribution in [0.3, 0.4) is 0 Å². The third kappa shape index (κ3) is 4.68. The largest absolute Gasteiger partial charge is 0.493 e. The van der Waals surface area contributed by atoms with Crippen LogP contribution < -0.4 is 9.47 Å². The number of hydrogen-bond acceptors (Lipinski definition) is 9. The Balaban J connectivity index is 2.55. The number of methoxy groups -OCH3 is 4. The highest BCUT2D eigenvalue weighted by atomic mass is 32.2. The highest BCUT2D eigenvalue weighted by molar-refractivity contribution is 7.91. The van der Waals surface area contributed by atoms with Crippen LogP contribution in [-0.4, -0.2) is 60.1 Å². The van der Waals surface area contributed by atoms with Gasteiger partial charge >= 0.3 is 11.9 Å². The molecule has 9 nitrogen and oxygen atoms in total. The van der Waals surface area contributed by atoms with Gasteiger partial charge in [-0.25, -0.2) is 18.0 Å². The minimum Gasteiger partial charge on any atom is -0.493 e. The van der Waals surface area contributed by atoms with Crippen molar-refractivity contribution in [2.45, 2.75) is 24.6 Å². The average Bonchev–Trinajstić information content (AvgIpc) is 3.11. The number of carbonyl (C=O) groups excluding carboxylic acids is 2. The van der Waals surface area contributed by atoms with E-state index in [0.717, 1.165) is 17.0 Å². The predicted molar refractivity (Wildman–Crippen MR) is 115 cm³/mol. The van der Waals surface area contributed by atoms with Crippen molar-refractivity contribution in [3.63, 3.8) is 0 Å². The number of rotatable bonds is 8. The summed E-state index contributed by atoms with van der Waals surface area (Å²) in [7, 11) is 2.57. The van der Waals surface area contributed by atoms with E-state index >= 15 is 0 Å². The van der Waals surface area contributed by atoms with Crippen molar-refractivity contribution in [1.29, 1.82) is 0 Å². The van der Waals surface area contributed by atoms with Gasteiger partial charge in [-0.15, -0.1) is 11.3 Å². The smallest absolute Gasteiger partial charge is 0.348 e. The molecule has 31 heavy (non-hydrogen) atoms. The number of aryl methyl sites for hydroxylation is 1. The third-order valence-corrected chi connectivity index (χ3v) is 8.33. The lowest BCUT2D eigenvalue weighted by atomic mass is 10.1. The predicted octanol–water partition coefficient (Wildman–Crippen LogP) is 2.78. The minimum atomic E-state index is -4.15. The molecule has 0 unspecified atom stereocenters. The Morgan fingerprint density at radius 3 is 2.03 bits per heavy atom. The van der Waals surface area contributed by atoms with Crippen LogP contribution in [0.25, 0.3) is 0 Å². The standard InChI is InChI=1S/C20H25NO8S2/c1-11-8-14(26-4)15(27-5)9-13(11)10-21(3)31(24,25)20-16(18(22)28-6)12(2)17(30-20)19(23)29-7/h8-9H,10H2,1-7H3. The van der Waals surface area contributed by atoms with Gasteiger partial charge in [0.05, 0.1) is 34.0 Å². The second-order valence-corrected chi connectivity index (χ2v) is 9.86. The third-order valence-electron chi connectivity index (χ3n) is 4.75. The van der Waals surface area contributed by atoms with Crippen molar-refractivity contribution in [3.8, 4) is 11.5 Å². The fourth-order valence-electron chi connectivity index (χ4n) is 2.95. The number of carbonyl (C=O) groups is 2. The first-order valence-electron chi connectivity index (χ1n) is 9.01. The molecular weight excluding hydrogens is 446 g/mol. The molecule has 2 rings (SSSR count). The van der Waals surface area contributed by atoms with Crippen LogP contribution >= 0.6 is 11.3 Å². The molecule has 11 heteroatoms. The number of nitrogens with zero attached hydrogens (tertiary/aromatic N) is 1. The highest BCUT2D eigenvalue weighted by Crippen LogP contribution is 2.36. The van der Waals surface area contributed by atoms with E-state index in [9.17, 15) is 18.0 Å². The summed E-state index contributed by atoms with van der Waals surface area (Å²) in [6.07, 6.45) is 0. The summed E-state index contributed by atoms with van der Waals surface area (Å²) in [6, 6.07) is 3.44. The topological polar surface area (TPSA) is 108 Å². The van der Waals surface area contributed by atoms with E-state index < -0.39 is 22.0 Å². The maximum atomic E-state index is 13.4. The first-order valence-corrected chi connectivity index (χ1v) is 11.3. The Bertz CT molecular complexity index is 1100. The molecule has 0 saturated heterocycles. The Kier molecular flexibility index (Phi) is 7.68. The summed E-state index contributed by atoms with van der Waals surface area (Å²) in [5.41, 5.74) is 1.50. The van der Waals surface area contributed by atoms with Gasteiger partial charge < -0.3 is 18.9 Å². The summed E-state index contributed by atoms with van der Waals surface area (Å²) in [5.74, 6) is -0.589. The van der Waals surface area contributed by atoms with Gasteiger partial charge in [0.2, 0.25) is 0 Å². The molecule has 2 aromatic rings. The van der Waals surface area contributed by atoms with Gasteiger partial charge in [0.25, 0.3) is 10.0 Å². The first kappa shape index (κ1) is 24.6. The molecule has 0 N–H and O–H groups in total. The molecular formula is C20H25NO8S2. The second-order valence-electron chi connectivity index (χ2n) is 6.60. The lowest BCUT2D eigenvalue weighted by molar-refractivity contribution is 0.0596. The molecule has 0 saturated carbocycles. The molecule has 0 aliphatic carbocycles. The van der Waals surface area contributed by atoms with Gasteiger partial charge in [0.15, 0.2) is 15.7 Å². The summed E-state index contributed by atoms with van der Waals surface area (Å²) in [5, 5.41) is 0. The van der Waals surface area contributed by atoms with E-state index in [0.29, 0.717) is 28.4 Å². The van der Waals surface area contributed by atoms with Crippen molar-refractivity contribution in [1.82, 2.24) is 4.31 Å². The van der Waals surface area contributed by atoms with Crippen LogP contribution in [0, 0.1) is 13.8 Å². The summed E-state index contributed by atoms with van der Waals surface area (Å²) in [6.45, 7) is 3.30. The molecule has 0 aliphatic rings. The molecule has 1 heterocycles. The molecule has 0 spiro atoms. The normalized spacial score (nSPS) is 11.4. The zero-order chi connectivity index (χ0) is 23.5. The minimum absolute atomic E-state index is 0.000358. The first-order chi connectivity index (χ1) is 14.5. The Morgan fingerprint density at radius 2 is 1.52 bits per heavy atom. The molecule has 170 valence electrons. The van der Waals surface area contributed by atoms with Gasteiger partial charge in [-0.05, 0) is 42.7 Å². The number of hydrogen-bond donors (Lipinski definition) is 0. The number of thiophene rings is 1. The molecule has 0 atom stereocenters. The highest BCUT2D eigenvalue weighted by Gasteiger charge is 2.35. The van der Waals surface area contributed by atoms with Crippen LogP contribution in [0.4, 0.5) is 0 Å². The van der Waals surface area contributed by atoms with E-state index in [2.05, 4.69) is 0 Å². The van der Waals surface area contributed by atoms with E-state index in [4.69, 9.17) is 18.9 Å². The van der Waals surface area contributed by atoms with E-state index in [-0.39, 0.29) is 26.8 Å². The maximum Gasteiger partial charge on any atom is 0.348 e. The Labute approximate surface area is 185 Å². The van der Waals surface area contributed by atoms with Crippen molar-refractivity contribution in [3.05, 3.63) is 39.3 Å². The van der Waals surface area contributed by atoms with E-state index in [1.54, 1.807) is 12.1 Å². The fraction of sp³-hybridized carbons (Fsp3) is 0.400. The Morgan fingerprint density at radius 1 is 0.968 bits per heavy atom. The fourth-order valence-corrected chi connectivity index (χ4v) is 6.04. The van der Waals surface area contributed by atoms with Crippen molar-refractivity contribution >= 4 is 33.3 Å². The van der Waals surface area contributed by atoms with Gasteiger partial charge in [0.1, 0.15) is 4.88 Å². The maximum absolute atomic E-state index is 13.4. The monoisotopic (exact) mass is 471 g/mol. The van der Waals surface area contributed by atoms with Crippen LogP contribution in [0.2, 0.25) is 0 Å². The average molecular weight is 472 g/mol. The summed E-state index contributed by atoms with van der Waals surface area (Å²) >= 11 is 0.677. The molecule has 0 amide bonds. The zero-order valence-electron chi connectivity index (χ0n) is 18.4.